The van der Waals surface area contributed by atoms with Gasteiger partial charge in [-0.3, -0.25) is 0 Å². The molecule has 0 aliphatic heterocycles. The SMILES string of the molecule is C1=Cc2sc3ccccc3c2C(N(c2ccccc2)c2cccc(-n3c4cccc5c4c4c6c(ccc7c6c6c-5cccc6n7-c5ccccc5)ccc43)c2)C1. The molecule has 56 heavy (non-hydrogen) atoms. The fraction of sp³-hybridized carbons (Fsp3) is 0.0385. The Kier molecular flexibility index (Phi) is 6.16. The Morgan fingerprint density at radius 1 is 0.482 bits per heavy atom. The van der Waals surface area contributed by atoms with E-state index in [1.807, 2.05) is 11.3 Å². The fourth-order valence-corrected chi connectivity index (χ4v) is 11.4. The van der Waals surface area contributed by atoms with Gasteiger partial charge in [-0.2, -0.15) is 0 Å². The van der Waals surface area contributed by atoms with E-state index in [9.17, 15) is 0 Å². The molecule has 2 aliphatic rings. The van der Waals surface area contributed by atoms with Crippen molar-refractivity contribution in [2.45, 2.75) is 12.5 Å². The molecule has 0 bridgehead atoms. The van der Waals surface area contributed by atoms with Gasteiger partial charge in [0.15, 0.2) is 0 Å². The average molecular weight is 732 g/mol. The molecule has 3 heterocycles. The van der Waals surface area contributed by atoms with E-state index in [2.05, 4.69) is 196 Å². The smallest absolute Gasteiger partial charge is 0.0646 e. The Balaban J connectivity index is 1.09. The quantitative estimate of drug-likeness (QED) is 0.172. The van der Waals surface area contributed by atoms with Crippen LogP contribution in [-0.4, -0.2) is 9.13 Å². The van der Waals surface area contributed by atoms with Gasteiger partial charge in [0.25, 0.3) is 0 Å². The number of thiophene rings is 1. The molecule has 1 unspecified atom stereocenters. The highest BCUT2D eigenvalue weighted by molar-refractivity contribution is 7.20. The summed E-state index contributed by atoms with van der Waals surface area (Å²) in [7, 11) is 0. The van der Waals surface area contributed by atoms with Gasteiger partial charge in [-0.25, -0.2) is 0 Å². The summed E-state index contributed by atoms with van der Waals surface area (Å²) in [5, 5.41) is 9.31. The minimum atomic E-state index is 0.156. The lowest BCUT2D eigenvalue weighted by atomic mass is 9.93. The summed E-state index contributed by atoms with van der Waals surface area (Å²) >= 11 is 1.90. The van der Waals surface area contributed by atoms with E-state index < -0.39 is 0 Å². The second-order valence-electron chi connectivity index (χ2n) is 15.2. The van der Waals surface area contributed by atoms with Gasteiger partial charge in [0, 0.05) is 64.8 Å². The monoisotopic (exact) mass is 731 g/mol. The molecule has 0 radical (unpaired) electrons. The average Bonchev–Trinajstić information content (AvgIpc) is 3.90. The molecule has 0 amide bonds. The maximum Gasteiger partial charge on any atom is 0.0646 e. The molecule has 262 valence electrons. The van der Waals surface area contributed by atoms with Gasteiger partial charge in [-0.1, -0.05) is 103 Å². The van der Waals surface area contributed by atoms with Crippen LogP contribution in [0, 0.1) is 0 Å². The van der Waals surface area contributed by atoms with Gasteiger partial charge in [-0.05, 0) is 107 Å². The lowest BCUT2D eigenvalue weighted by Gasteiger charge is -2.35. The first kappa shape index (κ1) is 30.4. The van der Waals surface area contributed by atoms with Gasteiger partial charge in [0.05, 0.1) is 28.1 Å². The third-order valence-corrected chi connectivity index (χ3v) is 13.5. The van der Waals surface area contributed by atoms with Crippen molar-refractivity contribution in [1.29, 1.82) is 0 Å². The van der Waals surface area contributed by atoms with Gasteiger partial charge in [0.2, 0.25) is 0 Å². The van der Waals surface area contributed by atoms with E-state index in [0.29, 0.717) is 0 Å². The molecular weight excluding hydrogens is 699 g/mol. The summed E-state index contributed by atoms with van der Waals surface area (Å²) in [5.74, 6) is 0. The number of para-hydroxylation sites is 2. The summed E-state index contributed by atoms with van der Waals surface area (Å²) in [4.78, 5) is 3.93. The Morgan fingerprint density at radius 2 is 1.07 bits per heavy atom. The maximum atomic E-state index is 2.58. The highest BCUT2D eigenvalue weighted by Gasteiger charge is 2.30. The molecule has 4 heteroatoms. The molecule has 0 saturated carbocycles. The van der Waals surface area contributed by atoms with Gasteiger partial charge >= 0.3 is 0 Å². The largest absolute Gasteiger partial charge is 0.333 e. The summed E-state index contributed by atoms with van der Waals surface area (Å²) in [6, 6.07) is 63.2. The molecule has 0 N–H and O–H groups in total. The zero-order valence-electron chi connectivity index (χ0n) is 30.4. The minimum Gasteiger partial charge on any atom is -0.333 e. The van der Waals surface area contributed by atoms with Crippen molar-refractivity contribution in [1.82, 2.24) is 9.13 Å². The van der Waals surface area contributed by atoms with Gasteiger partial charge in [0.1, 0.15) is 0 Å². The molecular formula is C52H33N3S. The number of fused-ring (bicyclic) bond motifs is 4. The van der Waals surface area contributed by atoms with Crippen LogP contribution < -0.4 is 4.90 Å². The molecule has 11 aromatic rings. The summed E-state index contributed by atoms with van der Waals surface area (Å²) in [6.07, 6.45) is 5.63. The van der Waals surface area contributed by atoms with Crippen molar-refractivity contribution in [3.63, 3.8) is 0 Å². The minimum absolute atomic E-state index is 0.156. The number of nitrogens with zero attached hydrogens (tertiary/aromatic N) is 3. The Bertz CT molecular complexity index is 3460. The van der Waals surface area contributed by atoms with Crippen molar-refractivity contribution < 1.29 is 0 Å². The zero-order valence-corrected chi connectivity index (χ0v) is 31.2. The number of rotatable bonds is 5. The fourth-order valence-electron chi connectivity index (χ4n) is 10.2. The molecule has 0 spiro atoms. The predicted octanol–water partition coefficient (Wildman–Crippen LogP) is 14.5. The zero-order chi connectivity index (χ0) is 36.5. The number of benzene rings is 8. The predicted molar refractivity (Wildman–Crippen MR) is 238 cm³/mol. The van der Waals surface area contributed by atoms with Crippen LogP contribution in [-0.2, 0) is 0 Å². The summed E-state index contributed by atoms with van der Waals surface area (Å²) in [5.41, 5.74) is 13.7. The van der Waals surface area contributed by atoms with E-state index in [1.54, 1.807) is 0 Å². The van der Waals surface area contributed by atoms with Crippen molar-refractivity contribution in [3.05, 3.63) is 186 Å². The van der Waals surface area contributed by atoms with Crippen LogP contribution in [0.2, 0.25) is 0 Å². The van der Waals surface area contributed by atoms with Crippen LogP contribution in [0.3, 0.4) is 0 Å². The first-order chi connectivity index (χ1) is 27.8. The van der Waals surface area contributed by atoms with Crippen molar-refractivity contribution in [2.24, 2.45) is 0 Å². The van der Waals surface area contributed by atoms with Crippen molar-refractivity contribution in [2.75, 3.05) is 4.90 Å². The van der Waals surface area contributed by atoms with Crippen LogP contribution in [0.5, 0.6) is 0 Å². The number of hydrogen-bond acceptors (Lipinski definition) is 2. The number of aromatic nitrogens is 2. The molecule has 1 atom stereocenters. The van der Waals surface area contributed by atoms with Crippen LogP contribution in [0.25, 0.3) is 93.0 Å². The van der Waals surface area contributed by atoms with Crippen molar-refractivity contribution >= 4 is 93.3 Å². The number of anilines is 2. The molecule has 8 aromatic carbocycles. The van der Waals surface area contributed by atoms with E-state index in [0.717, 1.165) is 12.1 Å². The lowest BCUT2D eigenvalue weighted by Crippen LogP contribution is -2.25. The highest BCUT2D eigenvalue weighted by Crippen LogP contribution is 2.52. The van der Waals surface area contributed by atoms with Crippen LogP contribution in [0.15, 0.2) is 176 Å². The Hall–Kier alpha value is -6.88. The van der Waals surface area contributed by atoms with Crippen molar-refractivity contribution in [3.8, 4) is 22.5 Å². The van der Waals surface area contributed by atoms with E-state index in [1.165, 1.54) is 103 Å². The molecule has 0 saturated heterocycles. The van der Waals surface area contributed by atoms with Gasteiger partial charge < -0.3 is 14.0 Å². The molecule has 2 aliphatic carbocycles. The van der Waals surface area contributed by atoms with Gasteiger partial charge in [-0.15, -0.1) is 11.3 Å². The van der Waals surface area contributed by atoms with Crippen LogP contribution >= 0.6 is 11.3 Å². The van der Waals surface area contributed by atoms with E-state index in [4.69, 9.17) is 0 Å². The normalized spacial score (nSPS) is 14.5. The second-order valence-corrected chi connectivity index (χ2v) is 16.3. The van der Waals surface area contributed by atoms with E-state index >= 15 is 0 Å². The second kappa shape index (κ2) is 11.3. The third kappa shape index (κ3) is 4.01. The molecule has 3 aromatic heterocycles. The number of hydrogen-bond donors (Lipinski definition) is 0. The Morgan fingerprint density at radius 3 is 1.80 bits per heavy atom. The first-order valence-electron chi connectivity index (χ1n) is 19.5. The molecule has 3 nitrogen and oxygen atoms in total. The van der Waals surface area contributed by atoms with Crippen LogP contribution in [0.4, 0.5) is 11.4 Å². The topological polar surface area (TPSA) is 13.1 Å². The highest BCUT2D eigenvalue weighted by atomic mass is 32.1. The third-order valence-electron chi connectivity index (χ3n) is 12.3. The summed E-state index contributed by atoms with van der Waals surface area (Å²) < 4.78 is 6.32. The maximum absolute atomic E-state index is 2.58. The van der Waals surface area contributed by atoms with Crippen LogP contribution in [0.1, 0.15) is 22.9 Å². The lowest BCUT2D eigenvalue weighted by molar-refractivity contribution is 0.710. The molecule has 0 fully saturated rings. The first-order valence-corrected chi connectivity index (χ1v) is 20.3. The van der Waals surface area contributed by atoms with E-state index in [-0.39, 0.29) is 6.04 Å². The standard InChI is InChI=1S/C52H33N3S/c1-3-13-33(14-4-1)53(40-24-12-26-46-48(40)39-19-7-8-25-45(39)56-46)35-17-9-18-36(31-35)55-42-23-11-21-38-37-20-10-22-41-49(37)51-43(54(41)34-15-5-2-6-16-34)29-27-32-28-30-44(55)52(47(32)51)50(38)42/h1-23,25-31,40H,24H2. The Labute approximate surface area is 327 Å². The summed E-state index contributed by atoms with van der Waals surface area (Å²) in [6.45, 7) is 0. The molecule has 13 rings (SSSR count).